The summed E-state index contributed by atoms with van der Waals surface area (Å²) in [6.07, 6.45) is 2.31. The molecule has 0 aromatic rings. The van der Waals surface area contributed by atoms with E-state index in [1.807, 2.05) is 20.8 Å². The number of halogens is 3. The first-order chi connectivity index (χ1) is 9.97. The van der Waals surface area contributed by atoms with Gasteiger partial charge < -0.3 is 22.6 Å². The fourth-order valence-corrected chi connectivity index (χ4v) is 4.73. The number of piperidine rings is 1. The molecule has 0 radical (unpaired) electrons. The van der Waals surface area contributed by atoms with Gasteiger partial charge in [-0.2, -0.15) is 0 Å². The number of ether oxygens (including phenoxy) is 1. The Kier molecular flexibility index (Phi) is 5.40. The van der Waals surface area contributed by atoms with Crippen LogP contribution in [0.25, 0.3) is 0 Å². The Bertz CT molecular complexity index is 464. The maximum Gasteiger partial charge on any atom is 1.00 e. The zero-order chi connectivity index (χ0) is 16.4. The molecule has 3 nitrogen and oxygen atoms in total. The molecular formula is C15H24BF3KNO2. The molecule has 3 saturated carbocycles. The molecule has 1 saturated heterocycles. The van der Waals surface area contributed by atoms with Gasteiger partial charge in [-0.05, 0) is 44.9 Å². The van der Waals surface area contributed by atoms with E-state index in [0.29, 0.717) is 38.3 Å². The zero-order valence-electron chi connectivity index (χ0n) is 14.5. The van der Waals surface area contributed by atoms with Gasteiger partial charge in [0.25, 0.3) is 0 Å². The summed E-state index contributed by atoms with van der Waals surface area (Å²) in [4.78, 5) is 13.7. The van der Waals surface area contributed by atoms with E-state index < -0.39 is 17.9 Å². The Balaban J connectivity index is 0.00000192. The molecule has 0 unspecified atom stereocenters. The maximum absolute atomic E-state index is 13.0. The Morgan fingerprint density at radius 2 is 1.61 bits per heavy atom. The Morgan fingerprint density at radius 3 is 2.00 bits per heavy atom. The minimum atomic E-state index is -4.69. The summed E-state index contributed by atoms with van der Waals surface area (Å²) < 4.78 is 44.3. The third kappa shape index (κ3) is 3.52. The second-order valence-corrected chi connectivity index (χ2v) is 8.57. The molecule has 0 atom stereocenters. The van der Waals surface area contributed by atoms with E-state index in [2.05, 4.69) is 0 Å². The van der Waals surface area contributed by atoms with Crippen LogP contribution in [0.15, 0.2) is 0 Å². The molecule has 4 rings (SSSR count). The van der Waals surface area contributed by atoms with Crippen LogP contribution in [0.1, 0.15) is 52.9 Å². The molecule has 1 aliphatic heterocycles. The van der Waals surface area contributed by atoms with Crippen LogP contribution in [0.4, 0.5) is 17.7 Å². The first-order valence-electron chi connectivity index (χ1n) is 8.14. The molecule has 126 valence electrons. The van der Waals surface area contributed by atoms with Gasteiger partial charge in [0, 0.05) is 13.1 Å². The van der Waals surface area contributed by atoms with Crippen molar-refractivity contribution in [2.45, 2.75) is 63.8 Å². The van der Waals surface area contributed by atoms with Gasteiger partial charge in [-0.3, -0.25) is 0 Å². The monoisotopic (exact) mass is 357 g/mol. The molecule has 3 aliphatic carbocycles. The largest absolute Gasteiger partial charge is 1.00 e. The Morgan fingerprint density at radius 1 is 1.13 bits per heavy atom. The molecule has 23 heavy (non-hydrogen) atoms. The van der Waals surface area contributed by atoms with Crippen LogP contribution in [-0.4, -0.2) is 36.7 Å². The van der Waals surface area contributed by atoms with Crippen molar-refractivity contribution in [1.29, 1.82) is 0 Å². The SMILES string of the molecule is CC(C)(C)OC(=O)N1CCC(C23CC([B-](F)(F)F)(C2)C3)CC1.[K+]. The normalized spacial score (nSPS) is 34.1. The summed E-state index contributed by atoms with van der Waals surface area (Å²) in [5.41, 5.74) is -0.583. The number of nitrogens with zero attached hydrogens (tertiary/aromatic N) is 1. The summed E-state index contributed by atoms with van der Waals surface area (Å²) in [5, 5.41) is -1.30. The average Bonchev–Trinajstić information content (AvgIpc) is 2.21. The van der Waals surface area contributed by atoms with E-state index in [4.69, 9.17) is 4.74 Å². The van der Waals surface area contributed by atoms with E-state index in [0.717, 1.165) is 12.8 Å². The molecule has 2 bridgehead atoms. The number of hydrogen-bond donors (Lipinski definition) is 0. The summed E-state index contributed by atoms with van der Waals surface area (Å²) >= 11 is 0. The third-order valence-electron chi connectivity index (χ3n) is 5.82. The molecule has 0 aromatic heterocycles. The second kappa shape index (κ2) is 6.18. The summed E-state index contributed by atoms with van der Waals surface area (Å²) in [7, 11) is 0. The van der Waals surface area contributed by atoms with Crippen molar-refractivity contribution in [3.05, 3.63) is 0 Å². The predicted molar refractivity (Wildman–Crippen MR) is 78.6 cm³/mol. The molecule has 1 heterocycles. The Labute approximate surface area is 178 Å². The molecule has 0 N–H and O–H groups in total. The van der Waals surface area contributed by atoms with Crippen molar-refractivity contribution in [3.63, 3.8) is 0 Å². The van der Waals surface area contributed by atoms with Crippen LogP contribution < -0.4 is 51.4 Å². The number of carbonyl (C=O) groups excluding carboxylic acids is 1. The maximum atomic E-state index is 13.0. The van der Waals surface area contributed by atoms with Crippen molar-refractivity contribution >= 4 is 13.1 Å². The predicted octanol–water partition coefficient (Wildman–Crippen LogP) is 1.41. The van der Waals surface area contributed by atoms with Gasteiger partial charge in [0.15, 0.2) is 0 Å². The van der Waals surface area contributed by atoms with Gasteiger partial charge in [-0.1, -0.05) is 24.6 Å². The van der Waals surface area contributed by atoms with Crippen molar-refractivity contribution in [2.24, 2.45) is 11.3 Å². The number of rotatable bonds is 2. The molecule has 8 heteroatoms. The fourth-order valence-electron chi connectivity index (χ4n) is 4.73. The van der Waals surface area contributed by atoms with E-state index in [-0.39, 0.29) is 62.9 Å². The number of hydrogen-bond acceptors (Lipinski definition) is 2. The average molecular weight is 357 g/mol. The molecular weight excluding hydrogens is 333 g/mol. The van der Waals surface area contributed by atoms with Crippen LogP contribution in [0.2, 0.25) is 5.31 Å². The third-order valence-corrected chi connectivity index (χ3v) is 5.82. The first-order valence-corrected chi connectivity index (χ1v) is 8.14. The van der Waals surface area contributed by atoms with Gasteiger partial charge in [0.05, 0.1) is 0 Å². The summed E-state index contributed by atoms with van der Waals surface area (Å²) in [6, 6.07) is 0. The number of carbonyl (C=O) groups is 1. The molecule has 4 aliphatic rings. The summed E-state index contributed by atoms with van der Waals surface area (Å²) in [6.45, 7) is 2.01. The van der Waals surface area contributed by atoms with Gasteiger partial charge in [0.2, 0.25) is 0 Å². The van der Waals surface area contributed by atoms with Crippen LogP contribution >= 0.6 is 0 Å². The van der Waals surface area contributed by atoms with E-state index in [1.165, 1.54) is 0 Å². The number of likely N-dealkylation sites (tertiary alicyclic amines) is 1. The quantitative estimate of drug-likeness (QED) is 0.700. The van der Waals surface area contributed by atoms with Crippen LogP contribution in [0, 0.1) is 11.3 Å². The van der Waals surface area contributed by atoms with Crippen molar-refractivity contribution in [3.8, 4) is 0 Å². The van der Waals surface area contributed by atoms with Gasteiger partial charge >= 0.3 is 64.5 Å². The van der Waals surface area contributed by atoms with E-state index in [9.17, 15) is 17.7 Å². The van der Waals surface area contributed by atoms with Gasteiger partial charge in [-0.15, -0.1) is 0 Å². The number of amides is 1. The topological polar surface area (TPSA) is 29.5 Å². The van der Waals surface area contributed by atoms with Gasteiger partial charge in [-0.25, -0.2) is 4.79 Å². The summed E-state index contributed by atoms with van der Waals surface area (Å²) in [5.74, 6) is 0.339. The first kappa shape index (κ1) is 20.1. The molecule has 0 spiro atoms. The Hall–Kier alpha value is 0.761. The van der Waals surface area contributed by atoms with Crippen LogP contribution in [-0.2, 0) is 4.74 Å². The van der Waals surface area contributed by atoms with Crippen LogP contribution in [0.5, 0.6) is 0 Å². The standard InChI is InChI=1S/C15H24BF3NO2.K/c1-13(2,3)22-12(21)20-6-4-11(5-7-20)14-8-15(9-14,10-14)16(17,18)19;/h11H,4-10H2,1-3H3;/q-1;+1. The van der Waals surface area contributed by atoms with Crippen molar-refractivity contribution in [1.82, 2.24) is 4.90 Å². The molecule has 1 amide bonds. The minimum Gasteiger partial charge on any atom is -0.449 e. The van der Waals surface area contributed by atoms with Crippen molar-refractivity contribution < 1.29 is 73.9 Å². The van der Waals surface area contributed by atoms with E-state index in [1.54, 1.807) is 4.90 Å². The van der Waals surface area contributed by atoms with Gasteiger partial charge in [0.1, 0.15) is 5.60 Å². The van der Waals surface area contributed by atoms with E-state index >= 15 is 0 Å². The zero-order valence-corrected chi connectivity index (χ0v) is 17.6. The van der Waals surface area contributed by atoms with Crippen molar-refractivity contribution in [2.75, 3.05) is 13.1 Å². The smallest absolute Gasteiger partial charge is 0.449 e. The minimum absolute atomic E-state index is 0. The second-order valence-electron chi connectivity index (χ2n) is 8.57. The molecule has 4 fully saturated rings. The molecule has 0 aromatic carbocycles. The van der Waals surface area contributed by atoms with Crippen LogP contribution in [0.3, 0.4) is 0 Å². The fraction of sp³-hybridized carbons (Fsp3) is 0.933.